The highest BCUT2D eigenvalue weighted by Gasteiger charge is 2.18. The average Bonchev–Trinajstić information content (AvgIpc) is 2.64. The van der Waals surface area contributed by atoms with Crippen molar-refractivity contribution in [3.63, 3.8) is 0 Å². The van der Waals surface area contributed by atoms with E-state index in [0.717, 1.165) is 54.6 Å². The maximum atomic E-state index is 8.01. The number of nitrogens with zero attached hydrogens (tertiary/aromatic N) is 3. The van der Waals surface area contributed by atoms with Crippen molar-refractivity contribution < 1.29 is 0 Å². The Morgan fingerprint density at radius 3 is 2.31 bits per heavy atom. The summed E-state index contributed by atoms with van der Waals surface area (Å²) >= 11 is 3.50. The van der Waals surface area contributed by atoms with Crippen LogP contribution < -0.4 is 5.73 Å². The zero-order chi connectivity index (χ0) is 17.9. The molecule has 2 aromatic carbocycles. The van der Waals surface area contributed by atoms with Crippen LogP contribution in [0.1, 0.15) is 11.1 Å². The van der Waals surface area contributed by atoms with Crippen LogP contribution in [0.25, 0.3) is 10.9 Å². The van der Waals surface area contributed by atoms with Gasteiger partial charge in [-0.05, 0) is 29.3 Å². The summed E-state index contributed by atoms with van der Waals surface area (Å²) in [5, 5.41) is 1.15. The highest BCUT2D eigenvalue weighted by Crippen LogP contribution is 2.25. The van der Waals surface area contributed by atoms with Crippen molar-refractivity contribution in [3.05, 3.63) is 70.2 Å². The molecule has 1 aliphatic rings. The van der Waals surface area contributed by atoms with Crippen LogP contribution in [-0.2, 0) is 13.1 Å². The second-order valence-electron chi connectivity index (χ2n) is 6.87. The first-order valence-corrected chi connectivity index (χ1v) is 9.76. The Morgan fingerprint density at radius 2 is 1.58 bits per heavy atom. The zero-order valence-corrected chi connectivity index (χ0v) is 16.2. The minimum absolute atomic E-state index is 0.341. The molecular formula is C21H22BrN4. The first kappa shape index (κ1) is 17.5. The van der Waals surface area contributed by atoms with Crippen LogP contribution in [-0.4, -0.2) is 41.0 Å². The molecule has 2 heterocycles. The lowest BCUT2D eigenvalue weighted by Gasteiger charge is -2.35. The Bertz CT molecular complexity index is 884. The van der Waals surface area contributed by atoms with Crippen molar-refractivity contribution in [1.29, 1.82) is 0 Å². The minimum atomic E-state index is 0.341. The number of hydrogen-bond donors (Lipinski definition) is 0. The average molecular weight is 410 g/mol. The Kier molecular flexibility index (Phi) is 5.20. The third kappa shape index (κ3) is 4.06. The van der Waals surface area contributed by atoms with Gasteiger partial charge in [0.25, 0.3) is 0 Å². The molecular weight excluding hydrogens is 388 g/mol. The highest BCUT2D eigenvalue weighted by molar-refractivity contribution is 9.10. The lowest BCUT2D eigenvalue weighted by Crippen LogP contribution is -2.45. The van der Waals surface area contributed by atoms with E-state index in [1.807, 2.05) is 12.1 Å². The lowest BCUT2D eigenvalue weighted by molar-refractivity contribution is 0.122. The van der Waals surface area contributed by atoms with Crippen molar-refractivity contribution in [1.82, 2.24) is 20.5 Å². The number of benzene rings is 2. The number of rotatable bonds is 4. The van der Waals surface area contributed by atoms with Crippen molar-refractivity contribution in [2.24, 2.45) is 0 Å². The molecule has 0 saturated carbocycles. The van der Waals surface area contributed by atoms with Gasteiger partial charge in [0.15, 0.2) is 0 Å². The van der Waals surface area contributed by atoms with E-state index in [4.69, 9.17) is 5.73 Å². The molecule has 26 heavy (non-hydrogen) atoms. The minimum Gasteiger partial charge on any atom is -0.297 e. The van der Waals surface area contributed by atoms with Crippen molar-refractivity contribution in [3.8, 4) is 0 Å². The van der Waals surface area contributed by atoms with Gasteiger partial charge in [0.2, 0.25) is 0 Å². The summed E-state index contributed by atoms with van der Waals surface area (Å²) in [7, 11) is 0. The van der Waals surface area contributed by atoms with Gasteiger partial charge >= 0.3 is 0 Å². The zero-order valence-electron chi connectivity index (χ0n) is 14.7. The van der Waals surface area contributed by atoms with E-state index < -0.39 is 0 Å². The summed E-state index contributed by atoms with van der Waals surface area (Å²) in [4.78, 5) is 9.36. The second kappa shape index (κ2) is 7.74. The monoisotopic (exact) mass is 409 g/mol. The van der Waals surface area contributed by atoms with Crippen LogP contribution in [0.15, 0.2) is 59.1 Å². The van der Waals surface area contributed by atoms with E-state index in [0.29, 0.717) is 5.82 Å². The molecule has 1 radical (unpaired) electrons. The van der Waals surface area contributed by atoms with Crippen LogP contribution in [0.4, 0.5) is 5.82 Å². The molecule has 3 aromatic rings. The summed E-state index contributed by atoms with van der Waals surface area (Å²) in [5.41, 5.74) is 11.5. The second-order valence-corrected chi connectivity index (χ2v) is 7.78. The van der Waals surface area contributed by atoms with Gasteiger partial charge in [-0.15, -0.1) is 0 Å². The van der Waals surface area contributed by atoms with Gasteiger partial charge < -0.3 is 0 Å². The standard InChI is InChI=1S/C21H22BrN4/c22-18-6-7-19-17(12-21(23)24-20(19)13-18)15-26-10-8-25(9-11-26)14-16-4-2-1-3-5-16/h1-7,12-13,23H,8-11,14-15H2. The molecule has 1 saturated heterocycles. The van der Waals surface area contributed by atoms with Crippen molar-refractivity contribution in [2.45, 2.75) is 13.1 Å². The Balaban J connectivity index is 1.42. The van der Waals surface area contributed by atoms with Crippen molar-refractivity contribution >= 4 is 32.7 Å². The van der Waals surface area contributed by atoms with Crippen molar-refractivity contribution in [2.75, 3.05) is 26.2 Å². The number of piperazine rings is 1. The fourth-order valence-corrected chi connectivity index (χ4v) is 3.94. The molecule has 0 unspecified atom stereocenters. The lowest BCUT2D eigenvalue weighted by atomic mass is 10.1. The predicted octanol–water partition coefficient (Wildman–Crippen LogP) is 4.23. The maximum Gasteiger partial charge on any atom is 0.145 e. The number of fused-ring (bicyclic) bond motifs is 1. The van der Waals surface area contributed by atoms with Gasteiger partial charge in [-0.25, -0.2) is 4.98 Å². The summed E-state index contributed by atoms with van der Waals surface area (Å²) in [6.45, 7) is 6.18. The van der Waals surface area contributed by atoms with Gasteiger partial charge in [0.1, 0.15) is 5.82 Å². The molecule has 0 bridgehead atoms. The summed E-state index contributed by atoms with van der Waals surface area (Å²) in [6, 6.07) is 18.7. The Morgan fingerprint density at radius 1 is 0.885 bits per heavy atom. The molecule has 0 atom stereocenters. The first-order valence-electron chi connectivity index (χ1n) is 8.97. The normalized spacial score (nSPS) is 16.2. The molecule has 0 amide bonds. The van der Waals surface area contributed by atoms with Crippen LogP contribution in [0.2, 0.25) is 0 Å². The van der Waals surface area contributed by atoms with Gasteiger partial charge in [-0.3, -0.25) is 15.5 Å². The van der Waals surface area contributed by atoms with Crippen LogP contribution in [0, 0.1) is 0 Å². The SMILES string of the molecule is [NH]c1cc(CN2CCN(Cc3ccccc3)CC2)c2ccc(Br)cc2n1. The quantitative estimate of drug-likeness (QED) is 0.647. The number of hydrogen-bond acceptors (Lipinski definition) is 3. The van der Waals surface area contributed by atoms with E-state index in [1.54, 1.807) is 0 Å². The molecule has 4 nitrogen and oxygen atoms in total. The maximum absolute atomic E-state index is 8.01. The number of aromatic nitrogens is 1. The summed E-state index contributed by atoms with van der Waals surface area (Å²) < 4.78 is 1.00. The van der Waals surface area contributed by atoms with E-state index in [1.165, 1.54) is 11.1 Å². The summed E-state index contributed by atoms with van der Waals surface area (Å²) in [6.07, 6.45) is 0. The smallest absolute Gasteiger partial charge is 0.145 e. The number of pyridine rings is 1. The predicted molar refractivity (Wildman–Crippen MR) is 109 cm³/mol. The molecule has 5 heteroatoms. The van der Waals surface area contributed by atoms with Crippen LogP contribution >= 0.6 is 15.9 Å². The first-order chi connectivity index (χ1) is 12.7. The molecule has 1 fully saturated rings. The molecule has 4 rings (SSSR count). The van der Waals surface area contributed by atoms with E-state index in [2.05, 4.69) is 73.2 Å². The van der Waals surface area contributed by atoms with E-state index in [9.17, 15) is 0 Å². The molecule has 1 aliphatic heterocycles. The molecule has 0 aliphatic carbocycles. The molecule has 133 valence electrons. The molecule has 0 spiro atoms. The fourth-order valence-electron chi connectivity index (χ4n) is 3.59. The number of nitrogens with one attached hydrogen (secondary N) is 1. The van der Waals surface area contributed by atoms with E-state index in [-0.39, 0.29) is 0 Å². The third-order valence-corrected chi connectivity index (χ3v) is 5.46. The molecule has 1 aromatic heterocycles. The topological polar surface area (TPSA) is 43.2 Å². The van der Waals surface area contributed by atoms with Gasteiger partial charge in [0, 0.05) is 49.1 Å². The van der Waals surface area contributed by atoms with Crippen LogP contribution in [0.3, 0.4) is 0 Å². The largest absolute Gasteiger partial charge is 0.297 e. The van der Waals surface area contributed by atoms with E-state index >= 15 is 0 Å². The third-order valence-electron chi connectivity index (χ3n) is 4.97. The Labute approximate surface area is 162 Å². The van der Waals surface area contributed by atoms with Crippen LogP contribution in [0.5, 0.6) is 0 Å². The number of halogens is 1. The Hall–Kier alpha value is -1.95. The highest BCUT2D eigenvalue weighted by atomic mass is 79.9. The summed E-state index contributed by atoms with van der Waals surface area (Å²) in [5.74, 6) is 0.341. The molecule has 1 N–H and O–H groups in total. The van der Waals surface area contributed by atoms with Gasteiger partial charge in [-0.1, -0.05) is 52.3 Å². The van der Waals surface area contributed by atoms with Gasteiger partial charge in [0.05, 0.1) is 5.52 Å². The fraction of sp³-hybridized carbons (Fsp3) is 0.286. The van der Waals surface area contributed by atoms with Gasteiger partial charge in [-0.2, -0.15) is 0 Å².